The highest BCUT2D eigenvalue weighted by Crippen LogP contribution is 2.17. The summed E-state index contributed by atoms with van der Waals surface area (Å²) in [5.41, 5.74) is 3.10. The number of piperazine rings is 1. The maximum Gasteiger partial charge on any atom is 0.267 e. The van der Waals surface area contributed by atoms with E-state index in [0.29, 0.717) is 13.1 Å². The van der Waals surface area contributed by atoms with Gasteiger partial charge in [0.2, 0.25) is 5.91 Å². The number of amides is 1. The molecule has 0 saturated carbocycles. The molecule has 6 heteroatoms. The molecule has 30 heavy (non-hydrogen) atoms. The number of benzene rings is 1. The lowest BCUT2D eigenvalue weighted by Gasteiger charge is -2.34. The summed E-state index contributed by atoms with van der Waals surface area (Å²) in [7, 11) is 0. The van der Waals surface area contributed by atoms with Gasteiger partial charge in [-0.05, 0) is 36.8 Å². The number of rotatable bonds is 5. The lowest BCUT2D eigenvalue weighted by Crippen LogP contribution is -2.50. The third kappa shape index (κ3) is 5.25. The zero-order valence-corrected chi connectivity index (χ0v) is 17.5. The summed E-state index contributed by atoms with van der Waals surface area (Å²) < 4.78 is 1.36. The van der Waals surface area contributed by atoms with Gasteiger partial charge in [0.15, 0.2) is 0 Å². The van der Waals surface area contributed by atoms with E-state index in [4.69, 9.17) is 0 Å². The van der Waals surface area contributed by atoms with Crippen LogP contribution >= 0.6 is 0 Å². The molecule has 0 bridgehead atoms. The van der Waals surface area contributed by atoms with Crippen molar-refractivity contribution < 1.29 is 4.79 Å². The predicted molar refractivity (Wildman–Crippen MR) is 118 cm³/mol. The average Bonchev–Trinajstić information content (AvgIpc) is 3.00. The van der Waals surface area contributed by atoms with Crippen molar-refractivity contribution in [2.24, 2.45) is 0 Å². The van der Waals surface area contributed by atoms with E-state index < -0.39 is 0 Å². The Morgan fingerprint density at radius 2 is 1.77 bits per heavy atom. The third-order valence-corrected chi connectivity index (χ3v) is 6.01. The Morgan fingerprint density at radius 1 is 1.00 bits per heavy atom. The van der Waals surface area contributed by atoms with E-state index in [1.807, 2.05) is 23.1 Å². The van der Waals surface area contributed by atoms with Crippen LogP contribution < -0.4 is 5.56 Å². The molecule has 0 N–H and O–H groups in total. The molecule has 2 aromatic rings. The van der Waals surface area contributed by atoms with Gasteiger partial charge in [-0.3, -0.25) is 14.5 Å². The van der Waals surface area contributed by atoms with Crippen LogP contribution in [-0.2, 0) is 24.2 Å². The van der Waals surface area contributed by atoms with Crippen molar-refractivity contribution in [2.45, 2.75) is 38.6 Å². The summed E-state index contributed by atoms with van der Waals surface area (Å²) in [5.74, 6) is -0.0161. The Bertz CT molecular complexity index is 943. The Labute approximate surface area is 177 Å². The summed E-state index contributed by atoms with van der Waals surface area (Å²) in [6, 6.07) is 12.0. The van der Waals surface area contributed by atoms with Crippen LogP contribution in [0.25, 0.3) is 6.08 Å². The number of fused-ring (bicyclic) bond motifs is 1. The number of aromatic nitrogens is 2. The second kappa shape index (κ2) is 9.85. The van der Waals surface area contributed by atoms with Crippen molar-refractivity contribution in [1.82, 2.24) is 19.6 Å². The zero-order valence-electron chi connectivity index (χ0n) is 17.5. The van der Waals surface area contributed by atoms with Gasteiger partial charge in [-0.2, -0.15) is 5.10 Å². The summed E-state index contributed by atoms with van der Waals surface area (Å²) in [6.45, 7) is 3.99. The summed E-state index contributed by atoms with van der Waals surface area (Å²) >= 11 is 0. The molecule has 1 aromatic carbocycles. The second-order valence-corrected chi connectivity index (χ2v) is 8.17. The molecule has 0 spiro atoms. The minimum atomic E-state index is -0.159. The highest BCUT2D eigenvalue weighted by molar-refractivity contribution is 5.76. The average molecular weight is 407 g/mol. The van der Waals surface area contributed by atoms with E-state index in [0.717, 1.165) is 56.6 Å². The maximum absolute atomic E-state index is 12.8. The molecule has 1 aliphatic heterocycles. The minimum absolute atomic E-state index is 0.0161. The zero-order chi connectivity index (χ0) is 20.8. The van der Waals surface area contributed by atoms with Gasteiger partial charge in [0.1, 0.15) is 6.54 Å². The molecule has 1 amide bonds. The lowest BCUT2D eigenvalue weighted by molar-refractivity contribution is -0.133. The van der Waals surface area contributed by atoms with Gasteiger partial charge in [0.25, 0.3) is 5.56 Å². The summed E-state index contributed by atoms with van der Waals surface area (Å²) in [4.78, 5) is 29.4. The topological polar surface area (TPSA) is 58.4 Å². The van der Waals surface area contributed by atoms with E-state index in [1.54, 1.807) is 6.07 Å². The van der Waals surface area contributed by atoms with Gasteiger partial charge >= 0.3 is 0 Å². The number of hydrogen-bond acceptors (Lipinski definition) is 4. The van der Waals surface area contributed by atoms with Crippen LogP contribution in [0, 0.1) is 0 Å². The number of carbonyl (C=O) groups is 1. The Hall–Kier alpha value is -2.73. The first kappa shape index (κ1) is 20.5. The number of aryl methyl sites for hydroxylation is 2. The van der Waals surface area contributed by atoms with Gasteiger partial charge in [0, 0.05) is 38.8 Å². The molecule has 4 rings (SSSR count). The molecule has 0 radical (unpaired) electrons. The van der Waals surface area contributed by atoms with Crippen molar-refractivity contribution >= 4 is 12.0 Å². The quantitative estimate of drug-likeness (QED) is 0.716. The molecule has 1 aliphatic carbocycles. The maximum atomic E-state index is 12.8. The normalized spacial score (nSPS) is 17.7. The fourth-order valence-corrected chi connectivity index (χ4v) is 4.20. The molecular weight excluding hydrogens is 376 g/mol. The smallest absolute Gasteiger partial charge is 0.267 e. The molecule has 1 fully saturated rings. The van der Waals surface area contributed by atoms with Crippen molar-refractivity contribution in [3.05, 3.63) is 69.6 Å². The van der Waals surface area contributed by atoms with Gasteiger partial charge < -0.3 is 4.90 Å². The minimum Gasteiger partial charge on any atom is -0.339 e. The molecule has 2 heterocycles. The van der Waals surface area contributed by atoms with Crippen molar-refractivity contribution in [3.63, 3.8) is 0 Å². The number of hydrogen-bond donors (Lipinski definition) is 0. The fourth-order valence-electron chi connectivity index (χ4n) is 4.20. The van der Waals surface area contributed by atoms with Crippen molar-refractivity contribution in [3.8, 4) is 0 Å². The van der Waals surface area contributed by atoms with Crippen molar-refractivity contribution in [2.75, 3.05) is 32.7 Å². The van der Waals surface area contributed by atoms with Gasteiger partial charge in [-0.25, -0.2) is 4.68 Å². The second-order valence-electron chi connectivity index (χ2n) is 8.17. The molecule has 158 valence electrons. The summed E-state index contributed by atoms with van der Waals surface area (Å²) in [6.07, 6.45) is 9.52. The van der Waals surface area contributed by atoms with Crippen LogP contribution in [0.3, 0.4) is 0 Å². The fraction of sp³-hybridized carbons (Fsp3) is 0.458. The lowest BCUT2D eigenvalue weighted by atomic mass is 10.1. The van der Waals surface area contributed by atoms with E-state index >= 15 is 0 Å². The van der Waals surface area contributed by atoms with E-state index in [1.165, 1.54) is 16.7 Å². The van der Waals surface area contributed by atoms with Gasteiger partial charge in [-0.15, -0.1) is 0 Å². The Kier molecular flexibility index (Phi) is 6.74. The molecule has 0 atom stereocenters. The third-order valence-electron chi connectivity index (χ3n) is 6.01. The highest BCUT2D eigenvalue weighted by atomic mass is 16.2. The molecule has 2 aliphatic rings. The monoisotopic (exact) mass is 406 g/mol. The van der Waals surface area contributed by atoms with Crippen LogP contribution in [0.5, 0.6) is 0 Å². The SMILES string of the molecule is O=C(Cn1nc2c(cc1=O)CCCCC2)N1CCN(CC=Cc2ccccc2)CC1. The van der Waals surface area contributed by atoms with Crippen LogP contribution in [0.15, 0.2) is 47.3 Å². The van der Waals surface area contributed by atoms with Crippen LogP contribution in [-0.4, -0.2) is 58.2 Å². The number of carbonyl (C=O) groups excluding carboxylic acids is 1. The van der Waals surface area contributed by atoms with Crippen LogP contribution in [0.1, 0.15) is 36.1 Å². The van der Waals surface area contributed by atoms with Crippen molar-refractivity contribution in [1.29, 1.82) is 0 Å². The van der Waals surface area contributed by atoms with Crippen LogP contribution in [0.2, 0.25) is 0 Å². The molecule has 1 aromatic heterocycles. The predicted octanol–water partition coefficient (Wildman–Crippen LogP) is 2.37. The van der Waals surface area contributed by atoms with Gasteiger partial charge in [0.05, 0.1) is 5.69 Å². The largest absolute Gasteiger partial charge is 0.339 e. The molecule has 6 nitrogen and oxygen atoms in total. The first-order valence-electron chi connectivity index (χ1n) is 11.0. The van der Waals surface area contributed by atoms with E-state index in [9.17, 15) is 9.59 Å². The highest BCUT2D eigenvalue weighted by Gasteiger charge is 2.22. The standard InChI is InChI=1S/C24H30N4O2/c29-23-18-21-11-5-2-6-12-22(21)25-28(23)19-24(30)27-16-14-26(15-17-27)13-7-10-20-8-3-1-4-9-20/h1,3-4,7-10,18H,2,5-6,11-17,19H2. The Morgan fingerprint density at radius 3 is 2.57 bits per heavy atom. The molecular formula is C24H30N4O2. The Balaban J connectivity index is 1.29. The molecule has 0 unspecified atom stereocenters. The van der Waals surface area contributed by atoms with Gasteiger partial charge in [-0.1, -0.05) is 48.9 Å². The first-order chi connectivity index (χ1) is 14.7. The van der Waals surface area contributed by atoms with Crippen LogP contribution in [0.4, 0.5) is 0 Å². The van der Waals surface area contributed by atoms with E-state index in [-0.39, 0.29) is 18.0 Å². The molecule has 1 saturated heterocycles. The number of nitrogens with zero attached hydrogens (tertiary/aromatic N) is 4. The first-order valence-corrected chi connectivity index (χ1v) is 11.0. The summed E-state index contributed by atoms with van der Waals surface area (Å²) in [5, 5.41) is 4.53. The van der Waals surface area contributed by atoms with E-state index in [2.05, 4.69) is 34.3 Å².